The molecule has 1 aromatic heterocycles. The summed E-state index contributed by atoms with van der Waals surface area (Å²) in [5.74, 6) is -0.932. The Kier molecular flexibility index (Phi) is 8.79. The number of hydrogen-bond donors (Lipinski definition) is 2. The van der Waals surface area contributed by atoms with Crippen molar-refractivity contribution in [3.8, 4) is 11.5 Å². The number of benzene rings is 3. The summed E-state index contributed by atoms with van der Waals surface area (Å²) in [5.41, 5.74) is 3.49. The number of carbonyl (C=O) groups is 2. The van der Waals surface area contributed by atoms with Crippen LogP contribution in [0.3, 0.4) is 0 Å². The van der Waals surface area contributed by atoms with E-state index in [-0.39, 0.29) is 40.2 Å². The molecule has 0 bridgehead atoms. The van der Waals surface area contributed by atoms with Crippen molar-refractivity contribution in [3.05, 3.63) is 113 Å². The van der Waals surface area contributed by atoms with Gasteiger partial charge in [-0.25, -0.2) is 8.78 Å². The summed E-state index contributed by atoms with van der Waals surface area (Å²) >= 11 is 6.77. The number of nitrogens with zero attached hydrogens (tertiary/aromatic N) is 2. The van der Waals surface area contributed by atoms with Gasteiger partial charge < -0.3 is 20.3 Å². The summed E-state index contributed by atoms with van der Waals surface area (Å²) in [4.78, 5) is 31.3. The van der Waals surface area contributed by atoms with Crippen molar-refractivity contribution in [2.24, 2.45) is 0 Å². The maximum atomic E-state index is 15.0. The Bertz CT molecular complexity index is 1650. The fraction of sp³-hybridized carbons (Fsp3) is 0.161. The number of anilines is 1. The molecule has 5 rings (SSSR count). The summed E-state index contributed by atoms with van der Waals surface area (Å²) in [6.45, 7) is 0. The van der Waals surface area contributed by atoms with Crippen LogP contribution in [0.15, 0.2) is 83.9 Å². The topological polar surface area (TPSA) is 83.6 Å². The van der Waals surface area contributed by atoms with E-state index in [1.165, 1.54) is 41.3 Å². The molecule has 11 heteroatoms. The normalized spacial score (nSPS) is 13.7. The molecule has 42 heavy (non-hydrogen) atoms. The van der Waals surface area contributed by atoms with Crippen LogP contribution in [0, 0.1) is 11.6 Å². The SMILES string of the molecule is CN(C)C(=O)c1ccc(C2Cc3nccc(Oc4ccc(NC(=S)NC(=O)Cc5ccc(F)cc5)cc4F)c3S2)cc1. The van der Waals surface area contributed by atoms with Crippen molar-refractivity contribution in [1.29, 1.82) is 0 Å². The van der Waals surface area contributed by atoms with Gasteiger partial charge in [-0.15, -0.1) is 11.8 Å². The van der Waals surface area contributed by atoms with Crippen LogP contribution in [0.4, 0.5) is 14.5 Å². The number of amides is 2. The molecule has 0 aliphatic carbocycles. The number of rotatable bonds is 7. The van der Waals surface area contributed by atoms with Crippen LogP contribution in [0.25, 0.3) is 0 Å². The average molecular weight is 605 g/mol. The molecule has 214 valence electrons. The molecule has 1 aliphatic rings. The Morgan fingerprint density at radius 2 is 1.76 bits per heavy atom. The molecule has 1 aliphatic heterocycles. The van der Waals surface area contributed by atoms with Crippen LogP contribution >= 0.6 is 24.0 Å². The highest BCUT2D eigenvalue weighted by molar-refractivity contribution is 8.00. The predicted octanol–water partition coefficient (Wildman–Crippen LogP) is 6.30. The number of nitrogens with one attached hydrogen (secondary N) is 2. The number of hydrogen-bond acceptors (Lipinski definition) is 6. The monoisotopic (exact) mass is 604 g/mol. The van der Waals surface area contributed by atoms with E-state index in [9.17, 15) is 14.0 Å². The molecule has 1 atom stereocenters. The second-order valence-corrected chi connectivity index (χ2v) is 11.4. The molecule has 7 nitrogen and oxygen atoms in total. The number of aromatic nitrogens is 1. The van der Waals surface area contributed by atoms with E-state index in [2.05, 4.69) is 15.6 Å². The number of carbonyl (C=O) groups excluding carboxylic acids is 2. The quantitative estimate of drug-likeness (QED) is 0.240. The van der Waals surface area contributed by atoms with Crippen LogP contribution < -0.4 is 15.4 Å². The van der Waals surface area contributed by atoms with Gasteiger partial charge in [-0.05, 0) is 59.7 Å². The van der Waals surface area contributed by atoms with Crippen LogP contribution in [-0.4, -0.2) is 40.9 Å². The first-order chi connectivity index (χ1) is 20.2. The zero-order valence-corrected chi connectivity index (χ0v) is 24.3. The van der Waals surface area contributed by atoms with Crippen LogP contribution in [0.2, 0.25) is 0 Å². The Hall–Kier alpha value is -4.35. The third-order valence-electron chi connectivity index (χ3n) is 6.46. The van der Waals surface area contributed by atoms with Gasteiger partial charge in [0.1, 0.15) is 11.6 Å². The molecule has 2 amide bonds. The molecule has 0 radical (unpaired) electrons. The second kappa shape index (κ2) is 12.7. The minimum atomic E-state index is -0.619. The van der Waals surface area contributed by atoms with E-state index in [4.69, 9.17) is 17.0 Å². The standard InChI is InChI=1S/C31H26F2N4O3S2/c1-37(2)30(39)20-7-5-19(6-8-20)27-17-24-29(42-27)26(13-14-34-24)40-25-12-11-22(16-23(25)33)35-31(41)36-28(38)15-18-3-9-21(32)10-4-18/h3-14,16,27H,15,17H2,1-2H3,(H2,35,36,38,41). The highest BCUT2D eigenvalue weighted by atomic mass is 32.2. The van der Waals surface area contributed by atoms with Crippen molar-refractivity contribution in [2.75, 3.05) is 19.4 Å². The Labute approximate surface area is 251 Å². The highest BCUT2D eigenvalue weighted by Crippen LogP contribution is 2.50. The lowest BCUT2D eigenvalue weighted by molar-refractivity contribution is -0.119. The van der Waals surface area contributed by atoms with Crippen molar-refractivity contribution >= 4 is 46.6 Å². The van der Waals surface area contributed by atoms with Crippen LogP contribution in [0.5, 0.6) is 11.5 Å². The molecule has 2 N–H and O–H groups in total. The Morgan fingerprint density at radius 3 is 2.45 bits per heavy atom. The van der Waals surface area contributed by atoms with Crippen LogP contribution in [-0.2, 0) is 17.6 Å². The van der Waals surface area contributed by atoms with Crippen molar-refractivity contribution in [2.45, 2.75) is 23.0 Å². The molecule has 0 saturated heterocycles. The Balaban J connectivity index is 1.20. The van der Waals surface area contributed by atoms with Gasteiger partial charge in [0.15, 0.2) is 16.7 Å². The fourth-order valence-corrected chi connectivity index (χ4v) is 5.92. The Morgan fingerprint density at radius 1 is 1.02 bits per heavy atom. The lowest BCUT2D eigenvalue weighted by atomic mass is 10.0. The first kappa shape index (κ1) is 29.2. The van der Waals surface area contributed by atoms with E-state index in [0.717, 1.165) is 16.2 Å². The zero-order chi connectivity index (χ0) is 29.8. The highest BCUT2D eigenvalue weighted by Gasteiger charge is 2.28. The number of pyridine rings is 1. The number of thioether (sulfide) groups is 1. The van der Waals surface area contributed by atoms with Crippen molar-refractivity contribution < 1.29 is 23.1 Å². The largest absolute Gasteiger partial charge is 0.453 e. The fourth-order valence-electron chi connectivity index (χ4n) is 4.37. The van der Waals surface area contributed by atoms with E-state index < -0.39 is 5.82 Å². The molecule has 2 heterocycles. The van der Waals surface area contributed by atoms with E-state index in [1.54, 1.807) is 44.2 Å². The van der Waals surface area contributed by atoms with Gasteiger partial charge in [0.25, 0.3) is 5.91 Å². The molecule has 0 spiro atoms. The first-order valence-electron chi connectivity index (χ1n) is 12.9. The second-order valence-electron chi connectivity index (χ2n) is 9.77. The zero-order valence-electron chi connectivity index (χ0n) is 22.7. The summed E-state index contributed by atoms with van der Waals surface area (Å²) in [5, 5.41) is 5.40. The van der Waals surface area contributed by atoms with Crippen molar-refractivity contribution in [3.63, 3.8) is 0 Å². The van der Waals surface area contributed by atoms with E-state index in [1.807, 2.05) is 24.3 Å². The summed E-state index contributed by atoms with van der Waals surface area (Å²) in [6.07, 6.45) is 2.32. The van der Waals surface area contributed by atoms with Gasteiger partial charge in [-0.1, -0.05) is 24.3 Å². The van der Waals surface area contributed by atoms with E-state index in [0.29, 0.717) is 29.0 Å². The van der Waals surface area contributed by atoms with Gasteiger partial charge in [0, 0.05) is 55.3 Å². The van der Waals surface area contributed by atoms with E-state index >= 15 is 4.39 Å². The molecule has 0 fully saturated rings. The van der Waals surface area contributed by atoms with Gasteiger partial charge in [0.05, 0.1) is 17.0 Å². The molecular formula is C31H26F2N4O3S2. The maximum absolute atomic E-state index is 15.0. The van der Waals surface area contributed by atoms with Gasteiger partial charge in [0.2, 0.25) is 5.91 Å². The number of thiocarbonyl (C=S) groups is 1. The van der Waals surface area contributed by atoms with Gasteiger partial charge in [-0.3, -0.25) is 14.6 Å². The number of halogens is 2. The average Bonchev–Trinajstić information content (AvgIpc) is 3.41. The lowest BCUT2D eigenvalue weighted by Gasteiger charge is -2.14. The van der Waals surface area contributed by atoms with Crippen LogP contribution in [0.1, 0.15) is 32.4 Å². The minimum absolute atomic E-state index is 0.00342. The summed E-state index contributed by atoms with van der Waals surface area (Å²) in [7, 11) is 3.43. The molecule has 3 aromatic carbocycles. The lowest BCUT2D eigenvalue weighted by Crippen LogP contribution is -2.35. The molecule has 4 aromatic rings. The van der Waals surface area contributed by atoms with Gasteiger partial charge >= 0.3 is 0 Å². The third kappa shape index (κ3) is 6.92. The number of fused-ring (bicyclic) bond motifs is 1. The molecule has 0 saturated carbocycles. The molecular weight excluding hydrogens is 578 g/mol. The smallest absolute Gasteiger partial charge is 0.253 e. The number of ether oxygens (including phenoxy) is 1. The van der Waals surface area contributed by atoms with Gasteiger partial charge in [-0.2, -0.15) is 0 Å². The third-order valence-corrected chi connectivity index (χ3v) is 8.06. The minimum Gasteiger partial charge on any atom is -0.453 e. The maximum Gasteiger partial charge on any atom is 0.253 e. The molecule has 1 unspecified atom stereocenters. The van der Waals surface area contributed by atoms with Crippen molar-refractivity contribution in [1.82, 2.24) is 15.2 Å². The first-order valence-corrected chi connectivity index (χ1v) is 14.2. The predicted molar refractivity (Wildman–Crippen MR) is 162 cm³/mol. The summed E-state index contributed by atoms with van der Waals surface area (Å²) in [6, 6.07) is 19.1. The summed E-state index contributed by atoms with van der Waals surface area (Å²) < 4.78 is 34.1.